The number of nitrogens with two attached hydrogens (primary N) is 1. The molecule has 10 heavy (non-hydrogen) atoms. The predicted molar refractivity (Wildman–Crippen MR) is 41.3 cm³/mol. The van der Waals surface area contributed by atoms with Crippen molar-refractivity contribution in [1.82, 2.24) is 0 Å². The van der Waals surface area contributed by atoms with Crippen LogP contribution in [0.1, 0.15) is 0 Å². The minimum Gasteiger partial charge on any atom is -0.399 e. The zero-order valence-electron chi connectivity index (χ0n) is 5.13. The monoisotopic (exact) mass is 158 g/mol. The van der Waals surface area contributed by atoms with Crippen LogP contribution in [0.4, 0.5) is 11.4 Å². The van der Waals surface area contributed by atoms with Gasteiger partial charge in [0.15, 0.2) is 0 Å². The average molecular weight is 159 g/mol. The number of rotatable bonds is 1. The van der Waals surface area contributed by atoms with Crippen LogP contribution in [-0.2, 0) is 0 Å². The molecule has 3 nitrogen and oxygen atoms in total. The Morgan fingerprint density at radius 2 is 2.10 bits per heavy atom. The van der Waals surface area contributed by atoms with E-state index in [2.05, 4.69) is 0 Å². The van der Waals surface area contributed by atoms with Gasteiger partial charge < -0.3 is 5.73 Å². The lowest BCUT2D eigenvalue weighted by molar-refractivity contribution is 0.389. The third kappa shape index (κ3) is 1.52. The fraction of sp³-hybridized carbons (Fsp3) is 0. The Kier molecular flexibility index (Phi) is 1.99. The third-order valence-electron chi connectivity index (χ3n) is 1.05. The van der Waals surface area contributed by atoms with E-state index >= 15 is 0 Å². The lowest BCUT2D eigenvalue weighted by Gasteiger charge is -1.99. The van der Waals surface area contributed by atoms with E-state index in [0.717, 1.165) is 0 Å². The summed E-state index contributed by atoms with van der Waals surface area (Å²) in [7, 11) is 0. The van der Waals surface area contributed by atoms with Gasteiger partial charge in [0, 0.05) is 10.7 Å². The molecule has 0 heterocycles. The highest BCUT2D eigenvalue weighted by Gasteiger charge is 1.93. The van der Waals surface area contributed by atoms with Crippen LogP contribution in [0.3, 0.4) is 0 Å². The highest BCUT2D eigenvalue weighted by atomic mass is 35.5. The summed E-state index contributed by atoms with van der Waals surface area (Å²) in [5.41, 5.74) is 8.35. The van der Waals surface area contributed by atoms with Crippen molar-refractivity contribution in [2.75, 3.05) is 11.2 Å². The fourth-order valence-corrected chi connectivity index (χ4v) is 0.920. The molecule has 0 bridgehead atoms. The Morgan fingerprint density at radius 3 is 2.60 bits per heavy atom. The zero-order chi connectivity index (χ0) is 7.56. The Hall–Kier alpha value is -0.930. The van der Waals surface area contributed by atoms with Crippen LogP contribution in [0.15, 0.2) is 18.2 Å². The number of anilines is 2. The molecule has 0 unspecified atom stereocenters. The largest absolute Gasteiger partial charge is 0.399 e. The van der Waals surface area contributed by atoms with Gasteiger partial charge in [-0.2, -0.15) is 0 Å². The summed E-state index contributed by atoms with van der Waals surface area (Å²) < 4.78 is 0. The third-order valence-corrected chi connectivity index (χ3v) is 1.27. The molecule has 0 saturated heterocycles. The van der Waals surface area contributed by atoms with Crippen molar-refractivity contribution >= 4 is 23.0 Å². The van der Waals surface area contributed by atoms with Crippen LogP contribution in [-0.4, -0.2) is 5.21 Å². The molecular formula is C6H7ClN2O. The van der Waals surface area contributed by atoms with E-state index in [1.54, 1.807) is 18.2 Å². The molecule has 1 aromatic carbocycles. The van der Waals surface area contributed by atoms with Crippen LogP contribution in [0.25, 0.3) is 0 Å². The van der Waals surface area contributed by atoms with Crippen molar-refractivity contribution in [2.45, 2.75) is 0 Å². The normalized spacial score (nSPS) is 9.40. The smallest absolute Gasteiger partial charge is 0.0637 e. The van der Waals surface area contributed by atoms with Crippen molar-refractivity contribution < 1.29 is 5.21 Å². The maximum absolute atomic E-state index is 8.42. The highest BCUT2D eigenvalue weighted by molar-refractivity contribution is 6.31. The number of nitrogens with one attached hydrogen (secondary N) is 1. The van der Waals surface area contributed by atoms with Gasteiger partial charge >= 0.3 is 0 Å². The van der Waals surface area contributed by atoms with Gasteiger partial charge in [-0.3, -0.25) is 10.7 Å². The molecule has 0 aliphatic rings. The standard InChI is InChI=1S/C6H7ClN2O/c7-4-1-5(8)3-6(2-4)9-10/h1-3,9-10H,8H2. The first-order valence-electron chi connectivity index (χ1n) is 2.68. The van der Waals surface area contributed by atoms with Gasteiger partial charge in [0.25, 0.3) is 0 Å². The van der Waals surface area contributed by atoms with Crippen LogP contribution < -0.4 is 11.2 Å². The number of hydrogen-bond donors (Lipinski definition) is 3. The molecule has 0 amide bonds. The van der Waals surface area contributed by atoms with Gasteiger partial charge in [-0.25, -0.2) is 0 Å². The van der Waals surface area contributed by atoms with E-state index < -0.39 is 0 Å². The van der Waals surface area contributed by atoms with Crippen LogP contribution in [0, 0.1) is 0 Å². The molecule has 0 saturated carbocycles. The second kappa shape index (κ2) is 2.77. The van der Waals surface area contributed by atoms with Crippen molar-refractivity contribution in [1.29, 1.82) is 0 Å². The molecule has 4 heteroatoms. The van der Waals surface area contributed by atoms with Gasteiger partial charge in [0.1, 0.15) is 0 Å². The van der Waals surface area contributed by atoms with Gasteiger partial charge in [0.2, 0.25) is 0 Å². The first-order valence-corrected chi connectivity index (χ1v) is 3.06. The summed E-state index contributed by atoms with van der Waals surface area (Å²) >= 11 is 5.60. The van der Waals surface area contributed by atoms with E-state index in [9.17, 15) is 0 Å². The first kappa shape index (κ1) is 7.18. The van der Waals surface area contributed by atoms with Gasteiger partial charge in [-0.05, 0) is 18.2 Å². The van der Waals surface area contributed by atoms with E-state index in [-0.39, 0.29) is 0 Å². The quantitative estimate of drug-likeness (QED) is 0.431. The number of benzene rings is 1. The fourth-order valence-electron chi connectivity index (χ4n) is 0.677. The van der Waals surface area contributed by atoms with Crippen LogP contribution in [0.2, 0.25) is 5.02 Å². The molecule has 0 aliphatic carbocycles. The molecule has 0 spiro atoms. The number of nitrogen functional groups attached to an aromatic ring is 1. The second-order valence-corrected chi connectivity index (χ2v) is 2.32. The molecular weight excluding hydrogens is 152 g/mol. The zero-order valence-corrected chi connectivity index (χ0v) is 5.89. The first-order chi connectivity index (χ1) is 4.72. The summed E-state index contributed by atoms with van der Waals surface area (Å²) in [5, 5.41) is 8.92. The second-order valence-electron chi connectivity index (χ2n) is 1.89. The molecule has 1 rings (SSSR count). The summed E-state index contributed by atoms with van der Waals surface area (Å²) in [5.74, 6) is 0. The number of hydrogen-bond acceptors (Lipinski definition) is 3. The summed E-state index contributed by atoms with van der Waals surface area (Å²) in [4.78, 5) is 0. The molecule has 0 aliphatic heterocycles. The van der Waals surface area contributed by atoms with Crippen molar-refractivity contribution in [2.24, 2.45) is 0 Å². The lowest BCUT2D eigenvalue weighted by atomic mass is 10.3. The van der Waals surface area contributed by atoms with Crippen molar-refractivity contribution in [3.8, 4) is 0 Å². The molecule has 0 fully saturated rings. The molecule has 0 atom stereocenters. The minimum absolute atomic E-state index is 0.491. The average Bonchev–Trinajstić information content (AvgIpc) is 1.85. The molecule has 0 radical (unpaired) electrons. The minimum atomic E-state index is 0.491. The van der Waals surface area contributed by atoms with Crippen molar-refractivity contribution in [3.05, 3.63) is 23.2 Å². The summed E-state index contributed by atoms with van der Waals surface area (Å²) in [6.07, 6.45) is 0. The predicted octanol–water partition coefficient (Wildman–Crippen LogP) is 1.72. The maximum atomic E-state index is 8.42. The Balaban J connectivity index is 3.06. The van der Waals surface area contributed by atoms with Crippen molar-refractivity contribution in [3.63, 3.8) is 0 Å². The van der Waals surface area contributed by atoms with Crippen LogP contribution >= 0.6 is 11.6 Å². The topological polar surface area (TPSA) is 58.3 Å². The van der Waals surface area contributed by atoms with E-state index in [4.69, 9.17) is 22.5 Å². The molecule has 54 valence electrons. The Labute approximate surface area is 63.4 Å². The highest BCUT2D eigenvalue weighted by Crippen LogP contribution is 2.19. The Morgan fingerprint density at radius 1 is 1.40 bits per heavy atom. The lowest BCUT2D eigenvalue weighted by Crippen LogP contribution is -1.91. The van der Waals surface area contributed by atoms with Gasteiger partial charge in [-0.1, -0.05) is 11.6 Å². The van der Waals surface area contributed by atoms with E-state index in [1.807, 2.05) is 5.48 Å². The molecule has 4 N–H and O–H groups in total. The van der Waals surface area contributed by atoms with E-state index in [0.29, 0.717) is 16.4 Å². The van der Waals surface area contributed by atoms with Gasteiger partial charge in [-0.15, -0.1) is 0 Å². The summed E-state index contributed by atoms with van der Waals surface area (Å²) in [6.45, 7) is 0. The SMILES string of the molecule is Nc1cc(Cl)cc(NO)c1. The maximum Gasteiger partial charge on any atom is 0.0637 e. The molecule has 1 aromatic rings. The number of halogens is 1. The Bertz CT molecular complexity index is 219. The van der Waals surface area contributed by atoms with Gasteiger partial charge in [0.05, 0.1) is 5.69 Å². The molecule has 0 aromatic heterocycles. The summed E-state index contributed by atoms with van der Waals surface area (Å²) in [6, 6.07) is 4.74. The van der Waals surface area contributed by atoms with E-state index in [1.165, 1.54) is 0 Å². The van der Waals surface area contributed by atoms with Crippen LogP contribution in [0.5, 0.6) is 0 Å².